The molecule has 6 heteroatoms. The van der Waals surface area contributed by atoms with E-state index in [0.29, 0.717) is 12.8 Å². The number of carbonyl (C=O) groups is 1. The number of nitrogen functional groups attached to an aromatic ring is 1. The topological polar surface area (TPSA) is 97.5 Å². The fourth-order valence-corrected chi connectivity index (χ4v) is 2.97. The monoisotopic (exact) mass is 269 g/mol. The van der Waals surface area contributed by atoms with Crippen LogP contribution in [0.2, 0.25) is 0 Å². The zero-order valence-corrected chi connectivity index (χ0v) is 10.8. The number of anilines is 1. The van der Waals surface area contributed by atoms with Crippen LogP contribution < -0.4 is 5.73 Å². The van der Waals surface area contributed by atoms with Crippen LogP contribution in [0.25, 0.3) is 0 Å². The number of carboxylic acids is 1. The van der Waals surface area contributed by atoms with Gasteiger partial charge in [0, 0.05) is 6.26 Å². The van der Waals surface area contributed by atoms with Crippen molar-refractivity contribution in [2.75, 3.05) is 12.0 Å². The molecule has 0 bridgehead atoms. The molecule has 0 aliphatic heterocycles. The summed E-state index contributed by atoms with van der Waals surface area (Å²) < 4.78 is 23.0. The van der Waals surface area contributed by atoms with Crippen LogP contribution in [0.15, 0.2) is 23.1 Å². The number of hydrogen-bond acceptors (Lipinski definition) is 4. The van der Waals surface area contributed by atoms with Gasteiger partial charge in [-0.15, -0.1) is 0 Å². The lowest BCUT2D eigenvalue weighted by Crippen LogP contribution is -2.05. The van der Waals surface area contributed by atoms with Crippen molar-refractivity contribution in [1.29, 1.82) is 0 Å². The van der Waals surface area contributed by atoms with Gasteiger partial charge in [0.1, 0.15) is 0 Å². The van der Waals surface area contributed by atoms with Gasteiger partial charge >= 0.3 is 5.97 Å². The molecule has 1 aliphatic carbocycles. The number of hydrogen-bond donors (Lipinski definition) is 2. The van der Waals surface area contributed by atoms with Crippen molar-refractivity contribution < 1.29 is 18.3 Å². The molecular weight excluding hydrogens is 254 g/mol. The van der Waals surface area contributed by atoms with Gasteiger partial charge in [-0.1, -0.05) is 6.07 Å². The molecule has 1 fully saturated rings. The Morgan fingerprint density at radius 1 is 1.50 bits per heavy atom. The molecule has 5 nitrogen and oxygen atoms in total. The molecule has 98 valence electrons. The van der Waals surface area contributed by atoms with Gasteiger partial charge < -0.3 is 10.8 Å². The molecule has 1 aromatic carbocycles. The van der Waals surface area contributed by atoms with Crippen molar-refractivity contribution in [2.24, 2.45) is 11.8 Å². The highest BCUT2D eigenvalue weighted by Gasteiger charge is 2.42. The molecule has 0 spiro atoms. The van der Waals surface area contributed by atoms with Crippen molar-refractivity contribution in [3.8, 4) is 0 Å². The van der Waals surface area contributed by atoms with Gasteiger partial charge in [-0.05, 0) is 36.5 Å². The Labute approximate surface area is 106 Å². The van der Waals surface area contributed by atoms with Gasteiger partial charge in [-0.25, -0.2) is 8.42 Å². The highest BCUT2D eigenvalue weighted by atomic mass is 32.2. The molecular formula is C12H15NO4S. The molecule has 0 saturated heterocycles. The number of carboxylic acid groups (broad SMARTS) is 1. The van der Waals surface area contributed by atoms with Crippen molar-refractivity contribution in [3.05, 3.63) is 23.8 Å². The second-order valence-corrected chi connectivity index (χ2v) is 6.77. The third-order valence-electron chi connectivity index (χ3n) is 3.22. The maximum atomic E-state index is 11.5. The summed E-state index contributed by atoms with van der Waals surface area (Å²) in [4.78, 5) is 10.8. The summed E-state index contributed by atoms with van der Waals surface area (Å²) in [6, 6.07) is 4.85. The first kappa shape index (κ1) is 12.9. The number of rotatable bonds is 4. The molecule has 1 saturated carbocycles. The molecule has 0 aromatic heterocycles. The third kappa shape index (κ3) is 2.64. The van der Waals surface area contributed by atoms with Crippen LogP contribution in [0.1, 0.15) is 12.0 Å². The van der Waals surface area contributed by atoms with E-state index in [1.54, 1.807) is 18.2 Å². The largest absolute Gasteiger partial charge is 0.481 e. The number of nitrogens with two attached hydrogens (primary N) is 1. The molecule has 2 atom stereocenters. The lowest BCUT2D eigenvalue weighted by Gasteiger charge is -2.06. The molecule has 3 N–H and O–H groups in total. The molecule has 1 aromatic rings. The van der Waals surface area contributed by atoms with Crippen LogP contribution in [0.5, 0.6) is 0 Å². The summed E-state index contributed by atoms with van der Waals surface area (Å²) in [6.07, 6.45) is 2.35. The molecule has 0 amide bonds. The van der Waals surface area contributed by atoms with Crippen molar-refractivity contribution >= 4 is 21.5 Å². The fourth-order valence-electron chi connectivity index (χ4n) is 2.11. The van der Waals surface area contributed by atoms with Gasteiger partial charge in [0.2, 0.25) is 0 Å². The molecule has 18 heavy (non-hydrogen) atoms. The Morgan fingerprint density at radius 3 is 2.67 bits per heavy atom. The average Bonchev–Trinajstić information content (AvgIpc) is 2.98. The average molecular weight is 269 g/mol. The summed E-state index contributed by atoms with van der Waals surface area (Å²) in [5.74, 6) is -0.957. The molecule has 2 rings (SSSR count). The van der Waals surface area contributed by atoms with Crippen molar-refractivity contribution in [1.82, 2.24) is 0 Å². The van der Waals surface area contributed by atoms with E-state index < -0.39 is 15.8 Å². The van der Waals surface area contributed by atoms with E-state index in [-0.39, 0.29) is 22.4 Å². The zero-order chi connectivity index (χ0) is 13.5. The lowest BCUT2D eigenvalue weighted by atomic mass is 10.1. The standard InChI is InChI=1S/C12H15NO4S/c1-18(16,17)11-5-7(2-3-10(11)13)4-8-6-9(8)12(14)15/h2-3,5,8-9H,4,6,13H2,1H3,(H,14,15). The summed E-state index contributed by atoms with van der Waals surface area (Å²) in [5.41, 5.74) is 6.67. The first-order chi connectivity index (χ1) is 8.29. The predicted molar refractivity (Wildman–Crippen MR) is 66.9 cm³/mol. The molecule has 2 unspecified atom stereocenters. The predicted octanol–water partition coefficient (Wildman–Crippen LogP) is 0.936. The van der Waals surface area contributed by atoms with Crippen LogP contribution in [0, 0.1) is 11.8 Å². The normalized spacial score (nSPS) is 22.7. The number of aliphatic carboxylic acids is 1. The minimum Gasteiger partial charge on any atom is -0.481 e. The maximum absolute atomic E-state index is 11.5. The summed E-state index contributed by atoms with van der Waals surface area (Å²) >= 11 is 0. The first-order valence-corrected chi connectivity index (χ1v) is 7.49. The van der Waals surface area contributed by atoms with E-state index in [1.165, 1.54) is 0 Å². The molecule has 1 aliphatic rings. The van der Waals surface area contributed by atoms with Gasteiger partial charge in [0.05, 0.1) is 16.5 Å². The fraction of sp³-hybridized carbons (Fsp3) is 0.417. The second-order valence-electron chi connectivity index (χ2n) is 4.79. The zero-order valence-electron chi connectivity index (χ0n) is 9.96. The minimum absolute atomic E-state index is 0.110. The molecule has 0 heterocycles. The van der Waals surface area contributed by atoms with E-state index in [9.17, 15) is 13.2 Å². The van der Waals surface area contributed by atoms with Crippen molar-refractivity contribution in [2.45, 2.75) is 17.7 Å². The Morgan fingerprint density at radius 2 is 2.17 bits per heavy atom. The smallest absolute Gasteiger partial charge is 0.306 e. The van der Waals surface area contributed by atoms with E-state index in [0.717, 1.165) is 11.8 Å². The minimum atomic E-state index is -3.34. The Kier molecular flexibility index (Phi) is 3.06. The van der Waals surface area contributed by atoms with E-state index >= 15 is 0 Å². The van der Waals surface area contributed by atoms with Crippen LogP contribution in [-0.2, 0) is 21.1 Å². The highest BCUT2D eigenvalue weighted by molar-refractivity contribution is 7.90. The maximum Gasteiger partial charge on any atom is 0.306 e. The van der Waals surface area contributed by atoms with Crippen LogP contribution in [0.4, 0.5) is 5.69 Å². The Bertz CT molecular complexity index is 594. The SMILES string of the molecule is CS(=O)(=O)c1cc(CC2CC2C(=O)O)ccc1N. The Hall–Kier alpha value is -1.56. The summed E-state index contributed by atoms with van der Waals surface area (Å²) in [6.45, 7) is 0. The highest BCUT2D eigenvalue weighted by Crippen LogP contribution is 2.41. The first-order valence-electron chi connectivity index (χ1n) is 5.60. The van der Waals surface area contributed by atoms with E-state index in [2.05, 4.69) is 0 Å². The second kappa shape index (κ2) is 4.28. The molecule has 0 radical (unpaired) electrons. The van der Waals surface area contributed by atoms with E-state index in [1.807, 2.05) is 0 Å². The number of benzene rings is 1. The van der Waals surface area contributed by atoms with Crippen molar-refractivity contribution in [3.63, 3.8) is 0 Å². The van der Waals surface area contributed by atoms with E-state index in [4.69, 9.17) is 10.8 Å². The van der Waals surface area contributed by atoms with Gasteiger partial charge in [0.25, 0.3) is 0 Å². The quantitative estimate of drug-likeness (QED) is 0.793. The van der Waals surface area contributed by atoms with Crippen LogP contribution in [0.3, 0.4) is 0 Å². The third-order valence-corrected chi connectivity index (χ3v) is 4.37. The van der Waals surface area contributed by atoms with Crippen LogP contribution >= 0.6 is 0 Å². The number of sulfone groups is 1. The van der Waals surface area contributed by atoms with Crippen LogP contribution in [-0.4, -0.2) is 25.7 Å². The van der Waals surface area contributed by atoms with Gasteiger partial charge in [0.15, 0.2) is 9.84 Å². The van der Waals surface area contributed by atoms with Gasteiger partial charge in [-0.3, -0.25) is 4.79 Å². The summed E-state index contributed by atoms with van der Waals surface area (Å²) in [7, 11) is -3.34. The summed E-state index contributed by atoms with van der Waals surface area (Å²) in [5, 5.41) is 8.81. The lowest BCUT2D eigenvalue weighted by molar-refractivity contribution is -0.138. The van der Waals surface area contributed by atoms with Gasteiger partial charge in [-0.2, -0.15) is 0 Å². The Balaban J connectivity index is 2.19.